The lowest BCUT2D eigenvalue weighted by atomic mass is 9.88. The molecule has 0 radical (unpaired) electrons. The van der Waals surface area contributed by atoms with E-state index in [0.29, 0.717) is 31.7 Å². The number of nitrogens with zero attached hydrogens (tertiary/aromatic N) is 1. The molecule has 1 aliphatic heterocycles. The zero-order valence-corrected chi connectivity index (χ0v) is 16.9. The van der Waals surface area contributed by atoms with Crippen molar-refractivity contribution in [2.75, 3.05) is 19.7 Å². The number of Topliss-reactive ketones (excluding diaryl/α,β-unsaturated/α-hetero) is 1. The van der Waals surface area contributed by atoms with Crippen molar-refractivity contribution in [1.82, 2.24) is 4.90 Å². The van der Waals surface area contributed by atoms with Gasteiger partial charge in [0.15, 0.2) is 12.4 Å². The molecule has 26 heavy (non-hydrogen) atoms. The molecule has 1 fully saturated rings. The second-order valence-electron chi connectivity index (χ2n) is 6.63. The molecular weight excluding hydrogens is 441 g/mol. The summed E-state index contributed by atoms with van der Waals surface area (Å²) in [5.41, 5.74) is 1.91. The Labute approximate surface area is 167 Å². The molecule has 0 aromatic heterocycles. The Kier molecular flexibility index (Phi) is 6.29. The first-order valence-corrected chi connectivity index (χ1v) is 9.88. The highest BCUT2D eigenvalue weighted by molar-refractivity contribution is 14.1. The standard InChI is InChI=1S/C21H22INO3/c1-15-2-4-16(5-3-15)21(25)17-10-12-23(13-11-17)20(24)14-26-19-8-6-18(22)7-9-19/h2-9,17H,10-14H2,1H3. The van der Waals surface area contributed by atoms with E-state index in [9.17, 15) is 9.59 Å². The molecule has 2 aromatic rings. The van der Waals surface area contributed by atoms with Crippen LogP contribution >= 0.6 is 22.6 Å². The minimum atomic E-state index is -0.0233. The molecule has 136 valence electrons. The summed E-state index contributed by atoms with van der Waals surface area (Å²) >= 11 is 2.23. The van der Waals surface area contributed by atoms with E-state index in [-0.39, 0.29) is 24.2 Å². The third-order valence-corrected chi connectivity index (χ3v) is 5.45. The van der Waals surface area contributed by atoms with Gasteiger partial charge in [-0.05, 0) is 66.6 Å². The minimum absolute atomic E-state index is 0.00104. The molecule has 1 aliphatic rings. The first-order valence-electron chi connectivity index (χ1n) is 8.80. The van der Waals surface area contributed by atoms with Crippen molar-refractivity contribution >= 4 is 34.3 Å². The molecule has 1 heterocycles. The zero-order chi connectivity index (χ0) is 18.5. The summed E-state index contributed by atoms with van der Waals surface area (Å²) in [5.74, 6) is 0.860. The minimum Gasteiger partial charge on any atom is -0.484 e. The van der Waals surface area contributed by atoms with E-state index < -0.39 is 0 Å². The van der Waals surface area contributed by atoms with Gasteiger partial charge >= 0.3 is 0 Å². The molecule has 0 spiro atoms. The monoisotopic (exact) mass is 463 g/mol. The largest absolute Gasteiger partial charge is 0.484 e. The fourth-order valence-corrected chi connectivity index (χ4v) is 3.47. The van der Waals surface area contributed by atoms with Crippen molar-refractivity contribution in [2.24, 2.45) is 5.92 Å². The average Bonchev–Trinajstić information content (AvgIpc) is 2.67. The van der Waals surface area contributed by atoms with E-state index in [1.54, 1.807) is 4.90 Å². The van der Waals surface area contributed by atoms with Gasteiger partial charge < -0.3 is 9.64 Å². The molecule has 1 amide bonds. The molecule has 5 heteroatoms. The Hall–Kier alpha value is -1.89. The van der Waals surface area contributed by atoms with Crippen LogP contribution in [0.3, 0.4) is 0 Å². The van der Waals surface area contributed by atoms with Crippen molar-refractivity contribution in [3.05, 3.63) is 63.2 Å². The summed E-state index contributed by atoms with van der Waals surface area (Å²) < 4.78 is 6.70. The maximum atomic E-state index is 12.6. The predicted octanol–water partition coefficient (Wildman–Crippen LogP) is 4.10. The lowest BCUT2D eigenvalue weighted by Gasteiger charge is -2.31. The highest BCUT2D eigenvalue weighted by Gasteiger charge is 2.28. The summed E-state index contributed by atoms with van der Waals surface area (Å²) in [7, 11) is 0. The van der Waals surface area contributed by atoms with Crippen molar-refractivity contribution in [3.63, 3.8) is 0 Å². The molecule has 0 N–H and O–H groups in total. The second-order valence-corrected chi connectivity index (χ2v) is 7.87. The molecule has 1 saturated heterocycles. The topological polar surface area (TPSA) is 46.6 Å². The number of halogens is 1. The van der Waals surface area contributed by atoms with Crippen LogP contribution in [0.15, 0.2) is 48.5 Å². The molecule has 4 nitrogen and oxygen atoms in total. The van der Waals surface area contributed by atoms with Crippen LogP contribution in [-0.4, -0.2) is 36.3 Å². The summed E-state index contributed by atoms with van der Waals surface area (Å²) in [5, 5.41) is 0. The first-order chi connectivity index (χ1) is 12.5. The van der Waals surface area contributed by atoms with E-state index >= 15 is 0 Å². The van der Waals surface area contributed by atoms with Crippen LogP contribution in [0, 0.1) is 16.4 Å². The van der Waals surface area contributed by atoms with Gasteiger partial charge in [0, 0.05) is 28.1 Å². The van der Waals surface area contributed by atoms with Crippen LogP contribution in [-0.2, 0) is 4.79 Å². The molecule has 0 bridgehead atoms. The van der Waals surface area contributed by atoms with Crippen LogP contribution in [0.25, 0.3) is 0 Å². The number of benzene rings is 2. The quantitative estimate of drug-likeness (QED) is 0.496. The number of hydrogen-bond acceptors (Lipinski definition) is 3. The first kappa shape index (κ1) is 18.9. The molecular formula is C21H22INO3. The number of amides is 1. The zero-order valence-electron chi connectivity index (χ0n) is 14.8. The van der Waals surface area contributed by atoms with E-state index in [2.05, 4.69) is 22.6 Å². The Morgan fingerprint density at radius 2 is 1.65 bits per heavy atom. The summed E-state index contributed by atoms with van der Waals surface area (Å²) in [4.78, 5) is 26.7. The third-order valence-electron chi connectivity index (χ3n) is 4.73. The number of ether oxygens (including phenoxy) is 1. The molecule has 0 unspecified atom stereocenters. The van der Waals surface area contributed by atoms with E-state index in [1.165, 1.54) is 0 Å². The van der Waals surface area contributed by atoms with Gasteiger partial charge in [-0.25, -0.2) is 0 Å². The number of ketones is 1. The van der Waals surface area contributed by atoms with E-state index in [0.717, 1.165) is 14.7 Å². The van der Waals surface area contributed by atoms with Crippen molar-refractivity contribution in [3.8, 4) is 5.75 Å². The number of aryl methyl sites for hydroxylation is 1. The third kappa shape index (κ3) is 4.84. The molecule has 0 saturated carbocycles. The van der Waals surface area contributed by atoms with Gasteiger partial charge in [-0.2, -0.15) is 0 Å². The number of piperidine rings is 1. The lowest BCUT2D eigenvalue weighted by molar-refractivity contribution is -0.134. The summed E-state index contributed by atoms with van der Waals surface area (Å²) in [6.07, 6.45) is 1.42. The number of likely N-dealkylation sites (tertiary alicyclic amines) is 1. The molecule has 2 aromatic carbocycles. The van der Waals surface area contributed by atoms with E-state index in [4.69, 9.17) is 4.74 Å². The van der Waals surface area contributed by atoms with Gasteiger partial charge in [0.2, 0.25) is 0 Å². The lowest BCUT2D eigenvalue weighted by Crippen LogP contribution is -2.42. The number of carbonyl (C=O) groups is 2. The van der Waals surface area contributed by atoms with Crippen LogP contribution < -0.4 is 4.74 Å². The van der Waals surface area contributed by atoms with E-state index in [1.807, 2.05) is 55.5 Å². The van der Waals surface area contributed by atoms with Crippen LogP contribution in [0.1, 0.15) is 28.8 Å². The van der Waals surface area contributed by atoms with Gasteiger partial charge in [-0.3, -0.25) is 9.59 Å². The second kappa shape index (κ2) is 8.66. The van der Waals surface area contributed by atoms with Gasteiger partial charge in [0.05, 0.1) is 0 Å². The maximum Gasteiger partial charge on any atom is 0.260 e. The van der Waals surface area contributed by atoms with Crippen LogP contribution in [0.4, 0.5) is 0 Å². The number of hydrogen-bond donors (Lipinski definition) is 0. The number of rotatable bonds is 5. The summed E-state index contributed by atoms with van der Waals surface area (Å²) in [6, 6.07) is 15.3. The highest BCUT2D eigenvalue weighted by atomic mass is 127. The smallest absolute Gasteiger partial charge is 0.260 e. The predicted molar refractivity (Wildman–Crippen MR) is 109 cm³/mol. The SMILES string of the molecule is Cc1ccc(C(=O)C2CCN(C(=O)COc3ccc(I)cc3)CC2)cc1. The Bertz CT molecular complexity index is 763. The fourth-order valence-electron chi connectivity index (χ4n) is 3.11. The Balaban J connectivity index is 1.48. The van der Waals surface area contributed by atoms with Crippen LogP contribution in [0.5, 0.6) is 5.75 Å². The average molecular weight is 463 g/mol. The highest BCUT2D eigenvalue weighted by Crippen LogP contribution is 2.22. The normalized spacial score (nSPS) is 14.9. The van der Waals surface area contributed by atoms with Gasteiger partial charge in [-0.1, -0.05) is 29.8 Å². The van der Waals surface area contributed by atoms with Crippen molar-refractivity contribution in [2.45, 2.75) is 19.8 Å². The molecule has 0 aliphatic carbocycles. The summed E-state index contributed by atoms with van der Waals surface area (Å²) in [6.45, 7) is 3.27. The van der Waals surface area contributed by atoms with Crippen molar-refractivity contribution in [1.29, 1.82) is 0 Å². The maximum absolute atomic E-state index is 12.6. The van der Waals surface area contributed by atoms with Gasteiger partial charge in [0.1, 0.15) is 5.75 Å². The Morgan fingerprint density at radius 3 is 2.27 bits per heavy atom. The molecule has 3 rings (SSSR count). The molecule has 0 atom stereocenters. The number of carbonyl (C=O) groups excluding carboxylic acids is 2. The van der Waals surface area contributed by atoms with Crippen molar-refractivity contribution < 1.29 is 14.3 Å². The van der Waals surface area contributed by atoms with Crippen LogP contribution in [0.2, 0.25) is 0 Å². The van der Waals surface area contributed by atoms with Gasteiger partial charge in [0.25, 0.3) is 5.91 Å². The fraction of sp³-hybridized carbons (Fsp3) is 0.333. The van der Waals surface area contributed by atoms with Gasteiger partial charge in [-0.15, -0.1) is 0 Å². The Morgan fingerprint density at radius 1 is 1.04 bits per heavy atom.